The fraction of sp³-hybridized carbons (Fsp3) is 0.174. The van der Waals surface area contributed by atoms with Crippen LogP contribution >= 0.6 is 0 Å². The zero-order valence-electron chi connectivity index (χ0n) is 17.9. The molecule has 0 unspecified atom stereocenters. The molecule has 3 rings (SSSR count). The van der Waals surface area contributed by atoms with E-state index in [0.717, 1.165) is 22.5 Å². The van der Waals surface area contributed by atoms with Gasteiger partial charge >= 0.3 is 6.18 Å². The Bertz CT molecular complexity index is 1240. The lowest BCUT2D eigenvalue weighted by Gasteiger charge is -2.23. The van der Waals surface area contributed by atoms with E-state index < -0.39 is 32.6 Å². The number of sulfonamides is 1. The lowest BCUT2D eigenvalue weighted by Crippen LogP contribution is -2.30. The topological polar surface area (TPSA) is 98.8 Å². The second-order valence-corrected chi connectivity index (χ2v) is 9.21. The quantitative estimate of drug-likeness (QED) is 0.471. The summed E-state index contributed by atoms with van der Waals surface area (Å²) in [6.07, 6.45) is -4.70. The molecule has 34 heavy (non-hydrogen) atoms. The fourth-order valence-corrected chi connectivity index (χ4v) is 4.63. The highest BCUT2D eigenvalue weighted by atomic mass is 32.2. The van der Waals surface area contributed by atoms with Crippen LogP contribution in [0.3, 0.4) is 0 Å². The highest BCUT2D eigenvalue weighted by molar-refractivity contribution is 7.89. The van der Waals surface area contributed by atoms with Crippen molar-refractivity contribution in [3.63, 3.8) is 0 Å². The maximum atomic E-state index is 13.4. The summed E-state index contributed by atoms with van der Waals surface area (Å²) in [5, 5.41) is 10.6. The normalized spacial score (nSPS) is 11.9. The Hall–Kier alpha value is -3.41. The van der Waals surface area contributed by atoms with Gasteiger partial charge in [-0.1, -0.05) is 30.3 Å². The first-order chi connectivity index (χ1) is 16.0. The number of methoxy groups -OCH3 is 1. The summed E-state index contributed by atoms with van der Waals surface area (Å²) in [4.78, 5) is 11.0. The third-order valence-corrected chi connectivity index (χ3v) is 6.77. The van der Waals surface area contributed by atoms with Crippen LogP contribution in [-0.2, 0) is 29.3 Å². The van der Waals surface area contributed by atoms with Gasteiger partial charge in [0, 0.05) is 18.7 Å². The highest BCUT2D eigenvalue weighted by Crippen LogP contribution is 2.32. The predicted octanol–water partition coefficient (Wildman–Crippen LogP) is 4.33. The fourth-order valence-electron chi connectivity index (χ4n) is 3.17. The van der Waals surface area contributed by atoms with E-state index in [0.29, 0.717) is 22.9 Å². The monoisotopic (exact) mass is 493 g/mol. The molecule has 180 valence electrons. The molecule has 0 spiro atoms. The van der Waals surface area contributed by atoms with Crippen LogP contribution in [0.2, 0.25) is 0 Å². The molecule has 0 saturated heterocycles. The number of benzene rings is 3. The molecule has 1 N–H and O–H groups in total. The number of nitrogens with one attached hydrogen (secondary N) is 1. The SMILES string of the molecule is COc1ccc(CN(Cc2ccc(C(=O)N[O-])cc2)S(=O)(=O)c2cccc(C(F)(F)F)c2)cc1. The average Bonchev–Trinajstić information content (AvgIpc) is 2.83. The van der Waals surface area contributed by atoms with E-state index in [-0.39, 0.29) is 18.7 Å². The Labute approximate surface area is 194 Å². The van der Waals surface area contributed by atoms with E-state index in [9.17, 15) is 31.6 Å². The minimum Gasteiger partial charge on any atom is -0.759 e. The summed E-state index contributed by atoms with van der Waals surface area (Å²) in [5.41, 5.74) is 1.30. The van der Waals surface area contributed by atoms with Gasteiger partial charge in [-0.2, -0.15) is 17.5 Å². The minimum atomic E-state index is -4.70. The van der Waals surface area contributed by atoms with E-state index >= 15 is 0 Å². The lowest BCUT2D eigenvalue weighted by molar-refractivity contribution is -0.137. The number of hydroxylamine groups is 1. The lowest BCUT2D eigenvalue weighted by atomic mass is 10.1. The van der Waals surface area contributed by atoms with Crippen molar-refractivity contribution in [2.75, 3.05) is 7.11 Å². The van der Waals surface area contributed by atoms with Gasteiger partial charge in [-0.3, -0.25) is 4.79 Å². The third kappa shape index (κ3) is 5.93. The predicted molar refractivity (Wildman–Crippen MR) is 118 cm³/mol. The van der Waals surface area contributed by atoms with Gasteiger partial charge in [-0.05, 0) is 53.6 Å². The van der Waals surface area contributed by atoms with Crippen LogP contribution in [0.5, 0.6) is 5.75 Å². The smallest absolute Gasteiger partial charge is 0.416 e. The molecule has 1 amide bonds. The van der Waals surface area contributed by atoms with Gasteiger partial charge in [0.1, 0.15) is 5.75 Å². The van der Waals surface area contributed by atoms with Crippen LogP contribution < -0.4 is 10.2 Å². The van der Waals surface area contributed by atoms with Crippen molar-refractivity contribution < 1.29 is 31.1 Å². The van der Waals surface area contributed by atoms with Gasteiger partial charge in [-0.15, -0.1) is 0 Å². The molecule has 11 heteroatoms. The number of hydrogen-bond donors (Lipinski definition) is 1. The maximum absolute atomic E-state index is 13.4. The minimum absolute atomic E-state index is 0.0844. The molecule has 0 aromatic heterocycles. The molecule has 0 aliphatic carbocycles. The third-order valence-electron chi connectivity index (χ3n) is 4.98. The summed E-state index contributed by atoms with van der Waals surface area (Å²) < 4.78 is 72.5. The van der Waals surface area contributed by atoms with Crippen molar-refractivity contribution in [1.82, 2.24) is 9.79 Å². The molecule has 0 aliphatic rings. The number of hydrogen-bond acceptors (Lipinski definition) is 5. The Morgan fingerprint density at radius 1 is 0.971 bits per heavy atom. The van der Waals surface area contributed by atoms with Gasteiger partial charge in [-0.25, -0.2) is 8.42 Å². The van der Waals surface area contributed by atoms with Crippen molar-refractivity contribution in [3.8, 4) is 5.75 Å². The average molecular weight is 493 g/mol. The molecule has 0 aliphatic heterocycles. The molecule has 0 fully saturated rings. The van der Waals surface area contributed by atoms with E-state index in [1.807, 2.05) is 0 Å². The van der Waals surface area contributed by atoms with Gasteiger partial charge in [0.05, 0.1) is 17.6 Å². The van der Waals surface area contributed by atoms with Crippen molar-refractivity contribution in [3.05, 3.63) is 100 Å². The van der Waals surface area contributed by atoms with Gasteiger partial charge < -0.3 is 15.4 Å². The summed E-state index contributed by atoms with van der Waals surface area (Å²) >= 11 is 0. The molecule has 0 bridgehead atoms. The number of rotatable bonds is 8. The largest absolute Gasteiger partial charge is 0.759 e. The number of halogens is 3. The van der Waals surface area contributed by atoms with Crippen molar-refractivity contribution >= 4 is 15.9 Å². The summed E-state index contributed by atoms with van der Waals surface area (Å²) in [6.45, 7) is -0.324. The first kappa shape index (κ1) is 25.2. The molecule has 0 radical (unpaired) electrons. The molecule has 0 atom stereocenters. The maximum Gasteiger partial charge on any atom is 0.416 e. The number of nitrogens with zero attached hydrogens (tertiary/aromatic N) is 1. The standard InChI is InChI=1S/C23H20F3N2O5S/c1-33-20-11-7-17(8-12-20)15-28(14-16-5-9-18(10-6-16)22(29)27-30)34(31,32)21-4-2-3-19(13-21)23(24,25)26/h2-13H,14-15H2,1H3,(H-,27,29,30)/q-1. The van der Waals surface area contributed by atoms with E-state index in [1.54, 1.807) is 24.3 Å². The van der Waals surface area contributed by atoms with Gasteiger partial charge in [0.2, 0.25) is 15.9 Å². The molecule has 3 aromatic rings. The summed E-state index contributed by atoms with van der Waals surface area (Å²) in [5.74, 6) is -0.290. The number of carbonyl (C=O) groups is 1. The van der Waals surface area contributed by atoms with E-state index in [2.05, 4.69) is 0 Å². The molecule has 0 heterocycles. The Kier molecular flexibility index (Phi) is 7.60. The number of carbonyl (C=O) groups excluding carboxylic acids is 1. The zero-order chi connectivity index (χ0) is 24.9. The molecular weight excluding hydrogens is 473 g/mol. The van der Waals surface area contributed by atoms with Crippen LogP contribution in [0.4, 0.5) is 13.2 Å². The first-order valence-electron chi connectivity index (χ1n) is 9.86. The van der Waals surface area contributed by atoms with Crippen LogP contribution in [0.25, 0.3) is 0 Å². The van der Waals surface area contributed by atoms with Gasteiger partial charge in [0.15, 0.2) is 0 Å². The molecule has 7 nitrogen and oxygen atoms in total. The molecule has 0 saturated carbocycles. The second kappa shape index (κ2) is 10.2. The van der Waals surface area contributed by atoms with Crippen LogP contribution in [-0.4, -0.2) is 25.7 Å². The van der Waals surface area contributed by atoms with Gasteiger partial charge in [0.25, 0.3) is 0 Å². The summed E-state index contributed by atoms with van der Waals surface area (Å²) in [7, 11) is -2.87. The zero-order valence-corrected chi connectivity index (χ0v) is 18.7. The van der Waals surface area contributed by atoms with E-state index in [4.69, 9.17) is 4.74 Å². The Morgan fingerprint density at radius 3 is 2.03 bits per heavy atom. The highest BCUT2D eigenvalue weighted by Gasteiger charge is 2.33. The summed E-state index contributed by atoms with van der Waals surface area (Å²) in [6, 6.07) is 15.7. The molecular formula is C23H20F3N2O5S-. The van der Waals surface area contributed by atoms with Crippen LogP contribution in [0.1, 0.15) is 27.0 Å². The first-order valence-corrected chi connectivity index (χ1v) is 11.3. The number of amides is 1. The van der Waals surface area contributed by atoms with Crippen molar-refractivity contribution in [2.24, 2.45) is 0 Å². The van der Waals surface area contributed by atoms with Crippen LogP contribution in [0.15, 0.2) is 77.7 Å². The molecule has 3 aromatic carbocycles. The Morgan fingerprint density at radius 2 is 1.53 bits per heavy atom. The van der Waals surface area contributed by atoms with Crippen molar-refractivity contribution in [2.45, 2.75) is 24.2 Å². The number of alkyl halides is 3. The van der Waals surface area contributed by atoms with Crippen molar-refractivity contribution in [1.29, 1.82) is 0 Å². The van der Waals surface area contributed by atoms with E-state index in [1.165, 1.54) is 36.9 Å². The second-order valence-electron chi connectivity index (χ2n) is 7.27. The number of ether oxygens (including phenoxy) is 1. The van der Waals surface area contributed by atoms with Crippen LogP contribution in [0, 0.1) is 5.21 Å². The Balaban J connectivity index is 1.98.